The topological polar surface area (TPSA) is 55.9 Å². The Balaban J connectivity index is 1.61. The molecule has 5 aromatic rings. The number of aromatic nitrogens is 2. The Morgan fingerprint density at radius 2 is 1.86 bits per heavy atom. The van der Waals surface area contributed by atoms with Crippen LogP contribution < -0.4 is 10.3 Å². The van der Waals surface area contributed by atoms with Crippen molar-refractivity contribution in [3.05, 3.63) is 90.5 Å². The van der Waals surface area contributed by atoms with Gasteiger partial charge in [0.25, 0.3) is 0 Å². The second kappa shape index (κ2) is 6.50. The Morgan fingerprint density at radius 3 is 2.71 bits per heavy atom. The molecular formula is C24H20N3O+. The first-order valence-corrected chi connectivity index (χ1v) is 9.28. The van der Waals surface area contributed by atoms with Gasteiger partial charge in [-0.05, 0) is 23.6 Å². The molecular weight excluding hydrogens is 346 g/mol. The zero-order valence-electron chi connectivity index (χ0n) is 15.6. The van der Waals surface area contributed by atoms with Crippen molar-refractivity contribution < 1.29 is 8.98 Å². The zero-order chi connectivity index (χ0) is 19.1. The number of hydrogen-bond donors (Lipinski definition) is 1. The van der Waals surface area contributed by atoms with Gasteiger partial charge in [0.05, 0.1) is 0 Å². The highest BCUT2D eigenvalue weighted by Crippen LogP contribution is 2.32. The lowest BCUT2D eigenvalue weighted by Gasteiger charge is -2.07. The molecule has 3 heterocycles. The van der Waals surface area contributed by atoms with Gasteiger partial charge in [-0.15, -0.1) is 0 Å². The lowest BCUT2D eigenvalue weighted by Crippen LogP contribution is -2.37. The molecule has 0 amide bonds. The van der Waals surface area contributed by atoms with Crippen molar-refractivity contribution in [3.8, 4) is 11.3 Å². The molecule has 4 nitrogen and oxygen atoms in total. The minimum Gasteiger partial charge on any atom is -0.456 e. The average Bonchev–Trinajstić information content (AvgIpc) is 3.13. The smallest absolute Gasteiger partial charge is 0.180 e. The van der Waals surface area contributed by atoms with E-state index in [4.69, 9.17) is 10.2 Å². The molecule has 0 radical (unpaired) electrons. The van der Waals surface area contributed by atoms with Gasteiger partial charge in [-0.1, -0.05) is 30.3 Å². The van der Waals surface area contributed by atoms with Crippen LogP contribution in [-0.4, -0.2) is 4.98 Å². The van der Waals surface area contributed by atoms with Crippen molar-refractivity contribution in [1.82, 2.24) is 4.98 Å². The van der Waals surface area contributed by atoms with E-state index in [-0.39, 0.29) is 0 Å². The van der Waals surface area contributed by atoms with Crippen LogP contribution in [0.2, 0.25) is 0 Å². The molecule has 0 bridgehead atoms. The predicted octanol–water partition coefficient (Wildman–Crippen LogP) is 4.87. The van der Waals surface area contributed by atoms with Gasteiger partial charge in [-0.3, -0.25) is 4.98 Å². The van der Waals surface area contributed by atoms with Crippen molar-refractivity contribution in [2.24, 2.45) is 0 Å². The lowest BCUT2D eigenvalue weighted by molar-refractivity contribution is -0.694. The normalized spacial score (nSPS) is 11.3. The fourth-order valence-electron chi connectivity index (χ4n) is 3.66. The summed E-state index contributed by atoms with van der Waals surface area (Å²) < 4.78 is 8.29. The van der Waals surface area contributed by atoms with Crippen molar-refractivity contribution in [2.45, 2.75) is 13.5 Å². The van der Waals surface area contributed by atoms with Crippen molar-refractivity contribution >= 4 is 27.4 Å². The van der Waals surface area contributed by atoms with Gasteiger partial charge >= 0.3 is 0 Å². The number of furan rings is 1. The molecule has 0 saturated carbocycles. The van der Waals surface area contributed by atoms with E-state index in [0.29, 0.717) is 0 Å². The van der Waals surface area contributed by atoms with Gasteiger partial charge in [0.15, 0.2) is 18.4 Å². The maximum Gasteiger partial charge on any atom is 0.180 e. The molecule has 0 atom stereocenters. The predicted molar refractivity (Wildman–Crippen MR) is 112 cm³/mol. The molecule has 0 aliphatic carbocycles. The molecule has 4 heteroatoms. The second-order valence-electron chi connectivity index (χ2n) is 7.12. The van der Waals surface area contributed by atoms with Gasteiger partial charge in [-0.2, -0.15) is 4.57 Å². The number of para-hydroxylation sites is 1. The van der Waals surface area contributed by atoms with E-state index in [9.17, 15) is 0 Å². The Kier molecular flexibility index (Phi) is 3.83. The van der Waals surface area contributed by atoms with E-state index >= 15 is 0 Å². The van der Waals surface area contributed by atoms with Crippen LogP contribution in [0.1, 0.15) is 11.3 Å². The maximum absolute atomic E-state index is 6.09. The molecule has 5 rings (SSSR count). The fraction of sp³-hybridized carbons (Fsp3) is 0.0833. The van der Waals surface area contributed by atoms with Crippen molar-refractivity contribution in [2.75, 3.05) is 5.73 Å². The molecule has 0 fully saturated rings. The minimum absolute atomic E-state index is 0.782. The first kappa shape index (κ1) is 16.5. The summed E-state index contributed by atoms with van der Waals surface area (Å²) in [5.74, 6) is 0.841. The number of pyridine rings is 2. The van der Waals surface area contributed by atoms with Gasteiger partial charge in [0.2, 0.25) is 0 Å². The third-order valence-electron chi connectivity index (χ3n) is 5.14. The van der Waals surface area contributed by atoms with Gasteiger partial charge in [0, 0.05) is 59.0 Å². The summed E-state index contributed by atoms with van der Waals surface area (Å²) in [6.45, 7) is 2.85. The summed E-state index contributed by atoms with van der Waals surface area (Å²) in [7, 11) is 0. The molecule has 2 N–H and O–H groups in total. The summed E-state index contributed by atoms with van der Waals surface area (Å²) in [5, 5.41) is 3.33. The number of rotatable bonds is 3. The number of nitrogen functional groups attached to an aromatic ring is 1. The molecule has 0 aliphatic heterocycles. The van der Waals surface area contributed by atoms with E-state index in [1.807, 2.05) is 48.9 Å². The highest BCUT2D eigenvalue weighted by atomic mass is 16.3. The number of benzene rings is 2. The number of aryl methyl sites for hydroxylation is 1. The average molecular weight is 366 g/mol. The molecule has 0 saturated heterocycles. The highest BCUT2D eigenvalue weighted by Gasteiger charge is 2.13. The van der Waals surface area contributed by atoms with Gasteiger partial charge < -0.3 is 10.2 Å². The Morgan fingerprint density at radius 1 is 0.964 bits per heavy atom. The number of fused-ring (bicyclic) bond motifs is 2. The van der Waals surface area contributed by atoms with E-state index in [2.05, 4.69) is 46.8 Å². The first-order chi connectivity index (χ1) is 13.7. The van der Waals surface area contributed by atoms with Crippen LogP contribution in [0.5, 0.6) is 0 Å². The first-order valence-electron chi connectivity index (χ1n) is 9.28. The number of nitrogens with two attached hydrogens (primary N) is 1. The summed E-state index contributed by atoms with van der Waals surface area (Å²) >= 11 is 0. The summed E-state index contributed by atoms with van der Waals surface area (Å²) in [4.78, 5) is 4.42. The van der Waals surface area contributed by atoms with E-state index in [1.165, 1.54) is 5.56 Å². The molecule has 136 valence electrons. The van der Waals surface area contributed by atoms with Crippen LogP contribution in [0.4, 0.5) is 5.69 Å². The van der Waals surface area contributed by atoms with E-state index < -0.39 is 0 Å². The second-order valence-corrected chi connectivity index (χ2v) is 7.12. The highest BCUT2D eigenvalue weighted by molar-refractivity contribution is 5.97. The molecule has 28 heavy (non-hydrogen) atoms. The van der Waals surface area contributed by atoms with Crippen LogP contribution in [0.3, 0.4) is 0 Å². The number of anilines is 1. The molecule has 0 unspecified atom stereocenters. The summed E-state index contributed by atoms with van der Waals surface area (Å²) in [6, 6.07) is 20.6. The number of hydrogen-bond acceptors (Lipinski definition) is 3. The van der Waals surface area contributed by atoms with Crippen LogP contribution in [0, 0.1) is 6.92 Å². The largest absolute Gasteiger partial charge is 0.456 e. The summed E-state index contributed by atoms with van der Waals surface area (Å²) in [5.41, 5.74) is 10.9. The van der Waals surface area contributed by atoms with Crippen LogP contribution in [-0.2, 0) is 6.54 Å². The van der Waals surface area contributed by atoms with Crippen LogP contribution >= 0.6 is 0 Å². The van der Waals surface area contributed by atoms with E-state index in [1.54, 1.807) is 0 Å². The molecule has 0 spiro atoms. The summed E-state index contributed by atoms with van der Waals surface area (Å²) in [6.07, 6.45) is 5.81. The van der Waals surface area contributed by atoms with Crippen LogP contribution in [0.15, 0.2) is 83.7 Å². The standard InChI is InChI=1S/C24H19N3O/c1-16-10-20(25)8-9-27(16)15-17-6-7-19-13-26-14-22(21(19)11-17)24-12-18-4-2-3-5-23(18)28-24/h2-14,25H,15H2,1H3/p+1. The third kappa shape index (κ3) is 2.89. The van der Waals surface area contributed by atoms with Crippen molar-refractivity contribution in [1.29, 1.82) is 0 Å². The molecule has 2 aromatic carbocycles. The minimum atomic E-state index is 0.782. The SMILES string of the molecule is Cc1cc(N)cc[n+]1Cc1ccc2cncc(-c3cc4ccccc4o3)c2c1. The number of nitrogens with zero attached hydrogens (tertiary/aromatic N) is 2. The van der Waals surface area contributed by atoms with Crippen LogP contribution in [0.25, 0.3) is 33.1 Å². The quantitative estimate of drug-likeness (QED) is 0.463. The van der Waals surface area contributed by atoms with Gasteiger partial charge in [-0.25, -0.2) is 0 Å². The Labute approximate surface area is 162 Å². The monoisotopic (exact) mass is 366 g/mol. The van der Waals surface area contributed by atoms with Gasteiger partial charge in [0.1, 0.15) is 11.3 Å². The van der Waals surface area contributed by atoms with E-state index in [0.717, 1.165) is 51.0 Å². The fourth-order valence-corrected chi connectivity index (χ4v) is 3.66. The lowest BCUT2D eigenvalue weighted by atomic mass is 10.0. The maximum atomic E-state index is 6.09. The Hall–Kier alpha value is -3.66. The molecule has 3 aromatic heterocycles. The third-order valence-corrected chi connectivity index (χ3v) is 5.14. The molecule has 0 aliphatic rings. The zero-order valence-corrected chi connectivity index (χ0v) is 15.6. The Bertz CT molecular complexity index is 1290. The van der Waals surface area contributed by atoms with Crippen molar-refractivity contribution in [3.63, 3.8) is 0 Å².